The van der Waals surface area contributed by atoms with Crippen LogP contribution in [0.4, 0.5) is 11.4 Å². The van der Waals surface area contributed by atoms with Crippen LogP contribution in [0.3, 0.4) is 0 Å². The van der Waals surface area contributed by atoms with Gasteiger partial charge in [0.05, 0.1) is 4.92 Å². The van der Waals surface area contributed by atoms with E-state index in [1.807, 2.05) is 0 Å². The van der Waals surface area contributed by atoms with Gasteiger partial charge in [-0.3, -0.25) is 25.0 Å². The van der Waals surface area contributed by atoms with Crippen LogP contribution in [0.2, 0.25) is 0 Å². The van der Waals surface area contributed by atoms with Crippen LogP contribution in [0.25, 0.3) is 6.08 Å². The van der Waals surface area contributed by atoms with Crippen LogP contribution in [-0.4, -0.2) is 21.7 Å². The van der Waals surface area contributed by atoms with Crippen LogP contribution in [0, 0.1) is 10.1 Å². The highest BCUT2D eigenvalue weighted by atomic mass is 32.1. The Labute approximate surface area is 154 Å². The van der Waals surface area contributed by atoms with Crippen molar-refractivity contribution in [3.8, 4) is 0 Å². The Morgan fingerprint density at radius 1 is 1.15 bits per heavy atom. The van der Waals surface area contributed by atoms with E-state index < -0.39 is 10.8 Å². The second kappa shape index (κ2) is 8.63. The highest BCUT2D eigenvalue weighted by Gasteiger charge is 2.05. The number of carbonyl (C=O) groups excluding carboxylic acids is 2. The first-order valence-electron chi connectivity index (χ1n) is 7.50. The Balaban J connectivity index is 1.92. The highest BCUT2D eigenvalue weighted by Crippen LogP contribution is 2.13. The predicted octanol–water partition coefficient (Wildman–Crippen LogP) is 3.32. The Morgan fingerprint density at radius 2 is 1.85 bits per heavy atom. The standard InChI is InChI=1S/C18H15N3O4S/c1-12(22)14-3-2-4-15(11-14)19-18(26)20-17(23)10-7-13-5-8-16(9-6-13)21(24)25/h2-11H,1H3,(H2,19,20,23,26)/b10-7+. The van der Waals surface area contributed by atoms with Gasteiger partial charge in [-0.1, -0.05) is 12.1 Å². The number of ketones is 1. The fourth-order valence-electron chi connectivity index (χ4n) is 2.01. The van der Waals surface area contributed by atoms with E-state index in [2.05, 4.69) is 10.6 Å². The summed E-state index contributed by atoms with van der Waals surface area (Å²) in [4.78, 5) is 33.3. The second-order valence-corrected chi connectivity index (χ2v) is 5.67. The highest BCUT2D eigenvalue weighted by molar-refractivity contribution is 7.80. The van der Waals surface area contributed by atoms with Crippen LogP contribution < -0.4 is 10.6 Å². The van der Waals surface area contributed by atoms with Crippen LogP contribution in [0.1, 0.15) is 22.8 Å². The molecule has 0 heterocycles. The first-order valence-corrected chi connectivity index (χ1v) is 7.91. The zero-order valence-electron chi connectivity index (χ0n) is 13.8. The molecule has 0 spiro atoms. The van der Waals surface area contributed by atoms with Crippen molar-refractivity contribution in [3.05, 3.63) is 75.8 Å². The third-order valence-corrected chi connectivity index (χ3v) is 3.50. The maximum Gasteiger partial charge on any atom is 0.269 e. The van der Waals surface area contributed by atoms with E-state index in [0.717, 1.165) is 0 Å². The molecule has 0 aliphatic heterocycles. The normalized spacial score (nSPS) is 10.3. The molecule has 7 nitrogen and oxygen atoms in total. The van der Waals surface area contributed by atoms with Gasteiger partial charge in [-0.15, -0.1) is 0 Å². The van der Waals surface area contributed by atoms with E-state index in [4.69, 9.17) is 12.2 Å². The number of hydrogen-bond acceptors (Lipinski definition) is 5. The summed E-state index contributed by atoms with van der Waals surface area (Å²) in [5, 5.41) is 16.0. The van der Waals surface area contributed by atoms with E-state index in [0.29, 0.717) is 16.8 Å². The van der Waals surface area contributed by atoms with Crippen molar-refractivity contribution in [2.45, 2.75) is 6.92 Å². The number of thiocarbonyl (C=S) groups is 1. The van der Waals surface area contributed by atoms with E-state index in [9.17, 15) is 19.7 Å². The van der Waals surface area contributed by atoms with Gasteiger partial charge < -0.3 is 5.32 Å². The quantitative estimate of drug-likeness (QED) is 0.276. The lowest BCUT2D eigenvalue weighted by Crippen LogP contribution is -2.32. The van der Waals surface area contributed by atoms with Gasteiger partial charge in [0, 0.05) is 29.5 Å². The number of rotatable bonds is 5. The average molecular weight is 369 g/mol. The predicted molar refractivity (Wildman–Crippen MR) is 103 cm³/mol. The fourth-order valence-corrected chi connectivity index (χ4v) is 2.23. The van der Waals surface area contributed by atoms with Crippen LogP contribution in [0.5, 0.6) is 0 Å². The lowest BCUT2D eigenvalue weighted by atomic mass is 10.1. The molecule has 2 aromatic carbocycles. The molecule has 0 unspecified atom stereocenters. The summed E-state index contributed by atoms with van der Waals surface area (Å²) >= 11 is 5.06. The number of nitro benzene ring substituents is 1. The molecule has 2 aromatic rings. The van der Waals surface area contributed by atoms with E-state index in [1.54, 1.807) is 24.3 Å². The molecule has 0 saturated carbocycles. The number of nitrogens with one attached hydrogen (secondary N) is 2. The van der Waals surface area contributed by atoms with Crippen LogP contribution in [0.15, 0.2) is 54.6 Å². The average Bonchev–Trinajstić information content (AvgIpc) is 2.60. The summed E-state index contributed by atoms with van der Waals surface area (Å²) < 4.78 is 0. The maximum absolute atomic E-state index is 11.9. The number of carbonyl (C=O) groups is 2. The molecule has 132 valence electrons. The van der Waals surface area contributed by atoms with Crippen molar-refractivity contribution in [1.82, 2.24) is 5.32 Å². The number of amides is 1. The van der Waals surface area contributed by atoms with E-state index in [1.165, 1.54) is 43.3 Å². The second-order valence-electron chi connectivity index (χ2n) is 5.26. The number of nitro groups is 1. The number of hydrogen-bond donors (Lipinski definition) is 2. The zero-order valence-corrected chi connectivity index (χ0v) is 14.6. The summed E-state index contributed by atoms with van der Waals surface area (Å²) in [7, 11) is 0. The Kier molecular flexibility index (Phi) is 6.29. The van der Waals surface area contributed by atoms with Gasteiger partial charge in [-0.25, -0.2) is 0 Å². The first-order chi connectivity index (χ1) is 12.3. The minimum atomic E-state index is -0.495. The topological polar surface area (TPSA) is 101 Å². The van der Waals surface area contributed by atoms with Gasteiger partial charge in [0.15, 0.2) is 10.9 Å². The van der Waals surface area contributed by atoms with Crippen molar-refractivity contribution >= 4 is 46.5 Å². The summed E-state index contributed by atoms with van der Waals surface area (Å²) in [6.07, 6.45) is 2.78. The largest absolute Gasteiger partial charge is 0.332 e. The van der Waals surface area contributed by atoms with Crippen molar-refractivity contribution < 1.29 is 14.5 Å². The minimum Gasteiger partial charge on any atom is -0.332 e. The molecule has 0 fully saturated rings. The van der Waals surface area contributed by atoms with Gasteiger partial charge in [0.25, 0.3) is 5.69 Å². The third-order valence-electron chi connectivity index (χ3n) is 3.29. The monoisotopic (exact) mass is 369 g/mol. The Hall–Kier alpha value is -3.39. The summed E-state index contributed by atoms with van der Waals surface area (Å²) in [5.41, 5.74) is 1.73. The summed E-state index contributed by atoms with van der Waals surface area (Å²) in [6, 6.07) is 12.5. The van der Waals surface area contributed by atoms with Crippen molar-refractivity contribution in [2.24, 2.45) is 0 Å². The van der Waals surface area contributed by atoms with E-state index >= 15 is 0 Å². The van der Waals surface area contributed by atoms with Gasteiger partial charge in [0.2, 0.25) is 5.91 Å². The summed E-state index contributed by atoms with van der Waals surface area (Å²) in [6.45, 7) is 1.46. The number of Topliss-reactive ketones (excluding diaryl/α,β-unsaturated/α-hetero) is 1. The molecule has 0 radical (unpaired) electrons. The third kappa shape index (κ3) is 5.60. The number of non-ortho nitro benzene ring substituents is 1. The van der Waals surface area contributed by atoms with Gasteiger partial charge in [0.1, 0.15) is 0 Å². The fraction of sp³-hybridized carbons (Fsp3) is 0.0556. The molecule has 0 bridgehead atoms. The minimum absolute atomic E-state index is 0.0234. The van der Waals surface area contributed by atoms with Gasteiger partial charge >= 0.3 is 0 Å². The molecule has 0 aliphatic carbocycles. The molecular formula is C18H15N3O4S. The van der Waals surface area contributed by atoms with E-state index in [-0.39, 0.29) is 16.6 Å². The van der Waals surface area contributed by atoms with Crippen LogP contribution in [-0.2, 0) is 4.79 Å². The Morgan fingerprint density at radius 3 is 2.46 bits per heavy atom. The lowest BCUT2D eigenvalue weighted by Gasteiger charge is -2.08. The number of benzene rings is 2. The van der Waals surface area contributed by atoms with Gasteiger partial charge in [-0.05, 0) is 55.0 Å². The zero-order chi connectivity index (χ0) is 19.1. The first kappa shape index (κ1) is 18.9. The molecule has 1 amide bonds. The van der Waals surface area contributed by atoms with Crippen molar-refractivity contribution in [1.29, 1.82) is 0 Å². The van der Waals surface area contributed by atoms with Crippen molar-refractivity contribution in [3.63, 3.8) is 0 Å². The lowest BCUT2D eigenvalue weighted by molar-refractivity contribution is -0.384. The van der Waals surface area contributed by atoms with Gasteiger partial charge in [-0.2, -0.15) is 0 Å². The molecule has 26 heavy (non-hydrogen) atoms. The smallest absolute Gasteiger partial charge is 0.269 e. The van der Waals surface area contributed by atoms with Crippen LogP contribution >= 0.6 is 12.2 Å². The Bertz CT molecular complexity index is 892. The SMILES string of the molecule is CC(=O)c1cccc(NC(=S)NC(=O)/C=C/c2ccc([N+](=O)[O-])cc2)c1. The molecule has 0 saturated heterocycles. The maximum atomic E-state index is 11.9. The number of anilines is 1. The molecule has 2 rings (SSSR count). The molecule has 0 atom stereocenters. The molecule has 8 heteroatoms. The molecule has 0 aromatic heterocycles. The van der Waals surface area contributed by atoms with Crippen molar-refractivity contribution in [2.75, 3.05) is 5.32 Å². The molecule has 0 aliphatic rings. The molecular weight excluding hydrogens is 354 g/mol. The summed E-state index contributed by atoms with van der Waals surface area (Å²) in [5.74, 6) is -0.529. The molecule has 2 N–H and O–H groups in total. The number of nitrogens with zero attached hydrogens (tertiary/aromatic N) is 1.